The predicted molar refractivity (Wildman–Crippen MR) is 60.6 cm³/mol. The van der Waals surface area contributed by atoms with Crippen LogP contribution >= 0.6 is 0 Å². The van der Waals surface area contributed by atoms with Gasteiger partial charge in [-0.25, -0.2) is 0 Å². The lowest BCUT2D eigenvalue weighted by molar-refractivity contribution is 0.615. The van der Waals surface area contributed by atoms with Crippen LogP contribution in [0.2, 0.25) is 0 Å². The van der Waals surface area contributed by atoms with Gasteiger partial charge in [-0.05, 0) is 44.0 Å². The first-order valence-electron chi connectivity index (χ1n) is 5.36. The number of para-hydroxylation sites is 1. The number of rotatable bonds is 3. The van der Waals surface area contributed by atoms with E-state index in [1.807, 2.05) is 0 Å². The van der Waals surface area contributed by atoms with Crippen LogP contribution in [0.5, 0.6) is 0 Å². The van der Waals surface area contributed by atoms with Crippen molar-refractivity contribution in [1.29, 1.82) is 0 Å². The van der Waals surface area contributed by atoms with E-state index < -0.39 is 0 Å². The Balaban J connectivity index is 1.88. The maximum atomic E-state index is 3.51. The highest BCUT2D eigenvalue weighted by Gasteiger charge is 2.13. The van der Waals surface area contributed by atoms with E-state index in [1.165, 1.54) is 30.8 Å². The van der Waals surface area contributed by atoms with Crippen LogP contribution in [0.1, 0.15) is 12.0 Å². The minimum atomic E-state index is 0.801. The summed E-state index contributed by atoms with van der Waals surface area (Å²) < 4.78 is 0. The van der Waals surface area contributed by atoms with Crippen LogP contribution in [0.3, 0.4) is 0 Å². The molecule has 1 unspecified atom stereocenters. The molecule has 2 nitrogen and oxygen atoms in total. The molecule has 2 N–H and O–H groups in total. The van der Waals surface area contributed by atoms with Gasteiger partial charge < -0.3 is 10.6 Å². The van der Waals surface area contributed by atoms with Crippen LogP contribution in [0.15, 0.2) is 24.3 Å². The molecular weight excluding hydrogens is 172 g/mol. The van der Waals surface area contributed by atoms with E-state index in [9.17, 15) is 0 Å². The minimum absolute atomic E-state index is 0.801. The fraction of sp³-hybridized carbons (Fsp3) is 0.500. The first-order chi connectivity index (χ1) is 6.86. The fourth-order valence-corrected chi connectivity index (χ4v) is 1.91. The number of aryl methyl sites for hydroxylation is 1. The van der Waals surface area contributed by atoms with Crippen molar-refractivity contribution in [3.63, 3.8) is 0 Å². The summed E-state index contributed by atoms with van der Waals surface area (Å²) in [5, 5.41) is 6.90. The van der Waals surface area contributed by atoms with E-state index in [1.54, 1.807) is 0 Å². The van der Waals surface area contributed by atoms with Crippen molar-refractivity contribution in [2.75, 3.05) is 25.0 Å². The van der Waals surface area contributed by atoms with Crippen LogP contribution in [0.4, 0.5) is 5.69 Å². The van der Waals surface area contributed by atoms with Gasteiger partial charge in [-0.15, -0.1) is 0 Å². The van der Waals surface area contributed by atoms with Crippen molar-refractivity contribution in [3.05, 3.63) is 29.8 Å². The Kier molecular flexibility index (Phi) is 3.04. The van der Waals surface area contributed by atoms with Gasteiger partial charge in [0, 0.05) is 12.2 Å². The first kappa shape index (κ1) is 9.53. The lowest BCUT2D eigenvalue weighted by atomic mass is 10.1. The summed E-state index contributed by atoms with van der Waals surface area (Å²) in [5.74, 6) is 0.801. The molecule has 2 rings (SSSR count). The number of hydrogen-bond donors (Lipinski definition) is 2. The standard InChI is InChI=1S/C12H18N2/c1-10-4-2-3-5-12(10)14-9-11-6-7-13-8-11/h2-5,11,13-14H,6-9H2,1H3. The molecular formula is C12H18N2. The molecule has 1 fully saturated rings. The number of benzene rings is 1. The molecule has 1 saturated heterocycles. The third-order valence-corrected chi connectivity index (χ3v) is 2.89. The summed E-state index contributed by atoms with van der Waals surface area (Å²) in [5.41, 5.74) is 2.61. The second kappa shape index (κ2) is 4.47. The van der Waals surface area contributed by atoms with Crippen molar-refractivity contribution in [3.8, 4) is 0 Å². The molecule has 1 aromatic rings. The zero-order valence-corrected chi connectivity index (χ0v) is 8.72. The van der Waals surface area contributed by atoms with Crippen LogP contribution < -0.4 is 10.6 Å². The van der Waals surface area contributed by atoms with E-state index in [-0.39, 0.29) is 0 Å². The maximum Gasteiger partial charge on any atom is 0.0369 e. The normalized spacial score (nSPS) is 21.1. The molecule has 1 aliphatic heterocycles. The van der Waals surface area contributed by atoms with Gasteiger partial charge in [-0.2, -0.15) is 0 Å². The van der Waals surface area contributed by atoms with Crippen molar-refractivity contribution in [1.82, 2.24) is 5.32 Å². The van der Waals surface area contributed by atoms with Crippen LogP contribution in [-0.4, -0.2) is 19.6 Å². The predicted octanol–water partition coefficient (Wildman–Crippen LogP) is 2.02. The van der Waals surface area contributed by atoms with Gasteiger partial charge in [0.25, 0.3) is 0 Å². The van der Waals surface area contributed by atoms with E-state index in [0.29, 0.717) is 0 Å². The highest BCUT2D eigenvalue weighted by Crippen LogP contribution is 2.15. The highest BCUT2D eigenvalue weighted by molar-refractivity contribution is 5.50. The highest BCUT2D eigenvalue weighted by atomic mass is 14.9. The largest absolute Gasteiger partial charge is 0.385 e. The number of anilines is 1. The van der Waals surface area contributed by atoms with Crippen molar-refractivity contribution in [2.24, 2.45) is 5.92 Å². The van der Waals surface area contributed by atoms with E-state index in [2.05, 4.69) is 41.8 Å². The van der Waals surface area contributed by atoms with Crippen molar-refractivity contribution < 1.29 is 0 Å². The second-order valence-electron chi connectivity index (χ2n) is 4.05. The summed E-state index contributed by atoms with van der Waals surface area (Å²) in [6, 6.07) is 8.47. The summed E-state index contributed by atoms with van der Waals surface area (Å²) >= 11 is 0. The zero-order valence-electron chi connectivity index (χ0n) is 8.72. The molecule has 0 aliphatic carbocycles. The Morgan fingerprint density at radius 3 is 3.00 bits per heavy atom. The van der Waals surface area contributed by atoms with Gasteiger partial charge in [0.2, 0.25) is 0 Å². The molecule has 1 heterocycles. The van der Waals surface area contributed by atoms with Gasteiger partial charge in [0.15, 0.2) is 0 Å². The molecule has 0 radical (unpaired) electrons. The Morgan fingerprint density at radius 2 is 2.29 bits per heavy atom. The number of nitrogens with one attached hydrogen (secondary N) is 2. The van der Waals surface area contributed by atoms with Gasteiger partial charge in [-0.3, -0.25) is 0 Å². The Bertz CT molecular complexity index is 290. The third kappa shape index (κ3) is 2.26. The van der Waals surface area contributed by atoms with Crippen molar-refractivity contribution in [2.45, 2.75) is 13.3 Å². The quantitative estimate of drug-likeness (QED) is 0.762. The van der Waals surface area contributed by atoms with Crippen LogP contribution in [0.25, 0.3) is 0 Å². The summed E-state index contributed by atoms with van der Waals surface area (Å²) in [6.45, 7) is 5.59. The molecule has 2 heteroatoms. The molecule has 0 aromatic heterocycles. The maximum absolute atomic E-state index is 3.51. The summed E-state index contributed by atoms with van der Waals surface area (Å²) in [4.78, 5) is 0. The van der Waals surface area contributed by atoms with E-state index in [0.717, 1.165) is 12.5 Å². The van der Waals surface area contributed by atoms with Gasteiger partial charge in [0.1, 0.15) is 0 Å². The van der Waals surface area contributed by atoms with Crippen LogP contribution in [0, 0.1) is 12.8 Å². The average molecular weight is 190 g/mol. The first-order valence-corrected chi connectivity index (χ1v) is 5.36. The SMILES string of the molecule is Cc1ccccc1NCC1CCNC1. The van der Waals surface area contributed by atoms with Gasteiger partial charge in [0.05, 0.1) is 0 Å². The molecule has 1 atom stereocenters. The molecule has 1 aliphatic rings. The smallest absolute Gasteiger partial charge is 0.0369 e. The average Bonchev–Trinajstić information content (AvgIpc) is 2.69. The fourth-order valence-electron chi connectivity index (χ4n) is 1.91. The molecule has 14 heavy (non-hydrogen) atoms. The third-order valence-electron chi connectivity index (χ3n) is 2.89. The molecule has 76 valence electrons. The number of hydrogen-bond acceptors (Lipinski definition) is 2. The van der Waals surface area contributed by atoms with Crippen molar-refractivity contribution >= 4 is 5.69 Å². The van der Waals surface area contributed by atoms with E-state index in [4.69, 9.17) is 0 Å². The molecule has 0 amide bonds. The Morgan fingerprint density at radius 1 is 1.43 bits per heavy atom. The zero-order chi connectivity index (χ0) is 9.80. The van der Waals surface area contributed by atoms with E-state index >= 15 is 0 Å². The summed E-state index contributed by atoms with van der Waals surface area (Å²) in [6.07, 6.45) is 1.30. The lowest BCUT2D eigenvalue weighted by Crippen LogP contribution is -2.17. The van der Waals surface area contributed by atoms with Gasteiger partial charge >= 0.3 is 0 Å². The minimum Gasteiger partial charge on any atom is -0.385 e. The Labute approximate surface area is 85.7 Å². The molecule has 1 aromatic carbocycles. The van der Waals surface area contributed by atoms with Crippen LogP contribution in [-0.2, 0) is 0 Å². The Hall–Kier alpha value is -1.02. The molecule has 0 spiro atoms. The molecule has 0 saturated carbocycles. The second-order valence-corrected chi connectivity index (χ2v) is 4.05. The molecule has 0 bridgehead atoms. The lowest BCUT2D eigenvalue weighted by Gasteiger charge is -2.12. The monoisotopic (exact) mass is 190 g/mol. The summed E-state index contributed by atoms with van der Waals surface area (Å²) in [7, 11) is 0. The topological polar surface area (TPSA) is 24.1 Å². The van der Waals surface area contributed by atoms with Gasteiger partial charge in [-0.1, -0.05) is 18.2 Å².